The molecule has 9 heteroatoms. The van der Waals surface area contributed by atoms with Gasteiger partial charge in [0, 0.05) is 41.7 Å². The van der Waals surface area contributed by atoms with Gasteiger partial charge in [0.2, 0.25) is 5.91 Å². The van der Waals surface area contributed by atoms with E-state index in [1.165, 1.54) is 12.0 Å². The van der Waals surface area contributed by atoms with E-state index in [1.807, 2.05) is 13.8 Å². The number of carbonyl (C=O) groups is 4. The lowest BCUT2D eigenvalue weighted by Gasteiger charge is -2.47. The van der Waals surface area contributed by atoms with Crippen molar-refractivity contribution in [2.24, 2.45) is 11.1 Å². The molecule has 9 nitrogen and oxygen atoms in total. The van der Waals surface area contributed by atoms with Crippen LogP contribution in [0.1, 0.15) is 49.5 Å². The molecule has 2 aromatic carbocycles. The highest BCUT2D eigenvalue weighted by Crippen LogP contribution is 2.58. The molecule has 2 heterocycles. The average Bonchev–Trinajstić information content (AvgIpc) is 3.10. The van der Waals surface area contributed by atoms with Crippen LogP contribution in [0.3, 0.4) is 0 Å². The summed E-state index contributed by atoms with van der Waals surface area (Å²) in [6, 6.07) is 13.7. The Morgan fingerprint density at radius 1 is 1.00 bits per heavy atom. The normalized spacial score (nSPS) is 21.8. The van der Waals surface area contributed by atoms with E-state index in [-0.39, 0.29) is 35.8 Å². The first-order valence-corrected chi connectivity index (χ1v) is 12.8. The van der Waals surface area contributed by atoms with E-state index >= 15 is 0 Å². The summed E-state index contributed by atoms with van der Waals surface area (Å²) in [5.41, 5.74) is 7.31. The van der Waals surface area contributed by atoms with Crippen LogP contribution < -0.4 is 15.5 Å². The van der Waals surface area contributed by atoms with Crippen molar-refractivity contribution in [3.05, 3.63) is 82.3 Å². The third kappa shape index (κ3) is 3.67. The van der Waals surface area contributed by atoms with Gasteiger partial charge in [-0.15, -0.1) is 0 Å². The minimum absolute atomic E-state index is 0.00608. The summed E-state index contributed by atoms with van der Waals surface area (Å²) in [6.45, 7) is 5.93. The number of anilines is 2. The van der Waals surface area contributed by atoms with E-state index in [9.17, 15) is 19.2 Å². The molecular weight excluding hydrogens is 498 g/mol. The molecule has 0 fully saturated rings. The van der Waals surface area contributed by atoms with Crippen molar-refractivity contribution < 1.29 is 28.7 Å². The van der Waals surface area contributed by atoms with E-state index in [2.05, 4.69) is 0 Å². The van der Waals surface area contributed by atoms with Crippen LogP contribution in [-0.4, -0.2) is 44.4 Å². The van der Waals surface area contributed by atoms with E-state index in [0.29, 0.717) is 34.6 Å². The average molecular weight is 530 g/mol. The van der Waals surface area contributed by atoms with Crippen molar-refractivity contribution in [2.45, 2.75) is 39.0 Å². The summed E-state index contributed by atoms with van der Waals surface area (Å²) < 4.78 is 10.3. The molecule has 0 radical (unpaired) electrons. The van der Waals surface area contributed by atoms with Crippen LogP contribution in [0.2, 0.25) is 0 Å². The number of ether oxygens (including phenoxy) is 2. The molecule has 2 N–H and O–H groups in total. The number of carbonyl (C=O) groups excluding carboxylic acids is 4. The molecule has 1 amide bonds. The van der Waals surface area contributed by atoms with E-state index < -0.39 is 28.7 Å². The number of benzene rings is 2. The number of fused-ring (bicyclic) bond motifs is 3. The number of nitrogens with zero attached hydrogens (tertiary/aromatic N) is 2. The summed E-state index contributed by atoms with van der Waals surface area (Å²) in [7, 11) is 2.85. The Kier molecular flexibility index (Phi) is 6.13. The third-order valence-corrected chi connectivity index (χ3v) is 7.69. The van der Waals surface area contributed by atoms with Gasteiger partial charge >= 0.3 is 11.9 Å². The molecule has 0 aromatic heterocycles. The molecule has 39 heavy (non-hydrogen) atoms. The number of Topliss-reactive ketones (excluding diaryl/α,β-unsaturated/α-hetero) is 1. The topological polar surface area (TPSA) is 119 Å². The Morgan fingerprint density at radius 3 is 2.31 bits per heavy atom. The Balaban J connectivity index is 1.84. The predicted octanol–water partition coefficient (Wildman–Crippen LogP) is 3.58. The first-order chi connectivity index (χ1) is 18.5. The van der Waals surface area contributed by atoms with E-state index in [0.717, 1.165) is 0 Å². The third-order valence-electron chi connectivity index (χ3n) is 7.69. The number of para-hydroxylation sites is 1. The van der Waals surface area contributed by atoms with Crippen molar-refractivity contribution in [3.8, 4) is 0 Å². The highest BCUT2D eigenvalue weighted by Gasteiger charge is 2.64. The number of esters is 2. The van der Waals surface area contributed by atoms with Gasteiger partial charge in [-0.25, -0.2) is 9.59 Å². The highest BCUT2D eigenvalue weighted by atomic mass is 16.5. The van der Waals surface area contributed by atoms with Crippen LogP contribution in [0.4, 0.5) is 11.4 Å². The fraction of sp³-hybridized carbons (Fsp3) is 0.333. The van der Waals surface area contributed by atoms with Crippen molar-refractivity contribution in [3.63, 3.8) is 0 Å². The van der Waals surface area contributed by atoms with Gasteiger partial charge in [0.05, 0.1) is 19.3 Å². The van der Waals surface area contributed by atoms with E-state index in [4.69, 9.17) is 15.2 Å². The van der Waals surface area contributed by atoms with Crippen LogP contribution in [0.5, 0.6) is 0 Å². The van der Waals surface area contributed by atoms with Gasteiger partial charge < -0.3 is 20.1 Å². The summed E-state index contributed by atoms with van der Waals surface area (Å²) >= 11 is 0. The maximum absolute atomic E-state index is 14.3. The summed E-state index contributed by atoms with van der Waals surface area (Å²) in [5.74, 6) is -1.95. The van der Waals surface area contributed by atoms with Crippen molar-refractivity contribution in [1.82, 2.24) is 0 Å². The molecule has 3 aliphatic rings. The molecule has 1 unspecified atom stereocenters. The number of ketones is 1. The Labute approximate surface area is 226 Å². The summed E-state index contributed by atoms with van der Waals surface area (Å²) in [5, 5.41) is 0. The van der Waals surface area contributed by atoms with Gasteiger partial charge in [-0.1, -0.05) is 32.0 Å². The Morgan fingerprint density at radius 2 is 1.67 bits per heavy atom. The number of likely N-dealkylation sites (N-methyl/N-ethyl adjacent to an activating group) is 1. The fourth-order valence-corrected chi connectivity index (χ4v) is 6.14. The molecule has 5 rings (SSSR count). The van der Waals surface area contributed by atoms with E-state index in [1.54, 1.807) is 67.4 Å². The lowest BCUT2D eigenvalue weighted by Crippen LogP contribution is -2.55. The lowest BCUT2D eigenvalue weighted by atomic mass is 9.60. The van der Waals surface area contributed by atoms with Gasteiger partial charge in [0.25, 0.3) is 0 Å². The zero-order valence-electron chi connectivity index (χ0n) is 22.7. The minimum atomic E-state index is -1.74. The number of hydrogen-bond acceptors (Lipinski definition) is 8. The molecule has 0 bridgehead atoms. The van der Waals surface area contributed by atoms with Crippen LogP contribution >= 0.6 is 0 Å². The van der Waals surface area contributed by atoms with Crippen LogP contribution in [0, 0.1) is 5.41 Å². The molecule has 0 saturated heterocycles. The quantitative estimate of drug-likeness (QED) is 0.597. The second kappa shape index (κ2) is 9.11. The molecule has 2 aromatic rings. The van der Waals surface area contributed by atoms with Gasteiger partial charge in [-0.3, -0.25) is 14.5 Å². The van der Waals surface area contributed by atoms with Gasteiger partial charge in [0.15, 0.2) is 5.78 Å². The largest absolute Gasteiger partial charge is 0.466 e. The predicted molar refractivity (Wildman–Crippen MR) is 145 cm³/mol. The summed E-state index contributed by atoms with van der Waals surface area (Å²) in [4.78, 5) is 57.3. The number of hydrogen-bond donors (Lipinski definition) is 1. The maximum atomic E-state index is 14.3. The standard InChI is InChI=1S/C30H31N3O6/c1-6-39-26(35)17-11-13-18(14-12-17)33-21-15-29(2,3)16-22(34)23(21)30(24(25(33)31)27(36)38-5)19-9-7-8-10-20(19)32(4)28(30)37/h7-14H,6,15-16,31H2,1-5H3. The first-order valence-electron chi connectivity index (χ1n) is 12.8. The number of methoxy groups -OCH3 is 1. The molecular formula is C30H31N3O6. The lowest BCUT2D eigenvalue weighted by molar-refractivity contribution is -0.138. The van der Waals surface area contributed by atoms with Crippen LogP contribution in [0.25, 0.3) is 0 Å². The maximum Gasteiger partial charge on any atom is 0.339 e. The number of amides is 1. The number of nitrogens with two attached hydrogens (primary N) is 1. The Hall–Kier alpha value is -4.40. The Bertz CT molecular complexity index is 1490. The molecule has 1 aliphatic carbocycles. The second-order valence-corrected chi connectivity index (χ2v) is 10.7. The minimum Gasteiger partial charge on any atom is -0.466 e. The molecule has 1 atom stereocenters. The van der Waals surface area contributed by atoms with Crippen molar-refractivity contribution in [2.75, 3.05) is 30.6 Å². The zero-order valence-corrected chi connectivity index (χ0v) is 22.7. The van der Waals surface area contributed by atoms with Gasteiger partial charge in [-0.2, -0.15) is 0 Å². The molecule has 202 valence electrons. The summed E-state index contributed by atoms with van der Waals surface area (Å²) in [6.07, 6.45) is 0.612. The number of rotatable bonds is 4. The first kappa shape index (κ1) is 26.2. The van der Waals surface area contributed by atoms with Crippen LogP contribution in [0.15, 0.2) is 71.2 Å². The molecule has 2 aliphatic heterocycles. The smallest absolute Gasteiger partial charge is 0.339 e. The van der Waals surface area contributed by atoms with Crippen molar-refractivity contribution >= 4 is 35.0 Å². The molecule has 1 spiro atoms. The SMILES string of the molecule is CCOC(=O)c1ccc(N2C(N)=C(C(=O)OC)C3(C(=O)N(C)c4ccccc43)C3=C2CC(C)(C)CC3=O)cc1. The van der Waals surface area contributed by atoms with Crippen LogP contribution in [-0.2, 0) is 29.3 Å². The second-order valence-electron chi connectivity index (χ2n) is 10.7. The highest BCUT2D eigenvalue weighted by molar-refractivity contribution is 6.24. The van der Waals surface area contributed by atoms with Gasteiger partial charge in [-0.05, 0) is 49.1 Å². The number of allylic oxidation sites excluding steroid dienone is 1. The molecule has 0 saturated carbocycles. The fourth-order valence-electron chi connectivity index (χ4n) is 6.14. The monoisotopic (exact) mass is 529 g/mol. The van der Waals surface area contributed by atoms with Crippen molar-refractivity contribution in [1.29, 1.82) is 0 Å². The zero-order chi connectivity index (χ0) is 28.3. The van der Waals surface area contributed by atoms with Gasteiger partial charge in [0.1, 0.15) is 16.8 Å².